The molecule has 170 valence electrons. The Kier molecular flexibility index (Phi) is 6.15. The van der Waals surface area contributed by atoms with Crippen molar-refractivity contribution >= 4 is 11.6 Å². The summed E-state index contributed by atoms with van der Waals surface area (Å²) >= 11 is 0. The quantitative estimate of drug-likeness (QED) is 0.411. The Balaban J connectivity index is 1.78. The molecule has 0 atom stereocenters. The van der Waals surface area contributed by atoms with Gasteiger partial charge >= 0.3 is 6.18 Å². The van der Waals surface area contributed by atoms with E-state index in [1.807, 2.05) is 26.0 Å². The number of hydrogen-bond donors (Lipinski definition) is 1. The summed E-state index contributed by atoms with van der Waals surface area (Å²) in [4.78, 5) is 12.2. The maximum Gasteiger partial charge on any atom is 0.422 e. The second-order valence-corrected chi connectivity index (χ2v) is 6.74. The average molecular weight is 461 g/mol. The number of aromatic nitrogens is 2. The first-order chi connectivity index (χ1) is 14.9. The van der Waals surface area contributed by atoms with Gasteiger partial charge in [-0.3, -0.25) is 4.79 Å². The number of benzene rings is 2. The molecule has 0 unspecified atom stereocenters. The van der Waals surface area contributed by atoms with Gasteiger partial charge in [0.1, 0.15) is 17.0 Å². The van der Waals surface area contributed by atoms with Crippen LogP contribution in [0.1, 0.15) is 27.2 Å². The van der Waals surface area contributed by atoms with Crippen LogP contribution < -0.4 is 10.1 Å². The summed E-state index contributed by atoms with van der Waals surface area (Å²) in [6.07, 6.45) is -4.41. The van der Waals surface area contributed by atoms with E-state index < -0.39 is 52.3 Å². The standard InChI is InChI=1S/C20H14F7N3O2/c1-9-3-4-12(10(2)7-9)32-8-30-6-5-11(29-30)19(31)28-18-16(23)14(21)13(20(25,26)27)15(22)17(18)24/h3-7H,8H2,1-2H3,(H,28,31). The molecule has 1 amide bonds. The molecule has 0 spiro atoms. The van der Waals surface area contributed by atoms with E-state index in [0.29, 0.717) is 5.75 Å². The first kappa shape index (κ1) is 23.1. The Hall–Kier alpha value is -3.57. The molecule has 0 aliphatic heterocycles. The number of rotatable bonds is 5. The molecule has 0 aliphatic carbocycles. The van der Waals surface area contributed by atoms with E-state index >= 15 is 0 Å². The SMILES string of the molecule is Cc1ccc(OCn2ccc(C(=O)Nc3c(F)c(F)c(C(F)(F)F)c(F)c3F)n2)c(C)c1. The molecule has 1 N–H and O–H groups in total. The van der Waals surface area contributed by atoms with E-state index in [2.05, 4.69) is 5.10 Å². The van der Waals surface area contributed by atoms with Crippen LogP contribution in [0, 0.1) is 37.1 Å². The highest BCUT2D eigenvalue weighted by atomic mass is 19.4. The largest absolute Gasteiger partial charge is 0.471 e. The predicted molar refractivity (Wildman–Crippen MR) is 98.0 cm³/mol. The first-order valence-corrected chi connectivity index (χ1v) is 8.88. The molecule has 0 saturated carbocycles. The lowest BCUT2D eigenvalue weighted by molar-refractivity contribution is -0.143. The first-order valence-electron chi connectivity index (χ1n) is 8.88. The smallest absolute Gasteiger partial charge is 0.422 e. The van der Waals surface area contributed by atoms with Crippen molar-refractivity contribution in [3.8, 4) is 5.75 Å². The Morgan fingerprint density at radius 1 is 1.03 bits per heavy atom. The highest BCUT2D eigenvalue weighted by Gasteiger charge is 2.42. The van der Waals surface area contributed by atoms with Crippen LogP contribution in [0.5, 0.6) is 5.75 Å². The lowest BCUT2D eigenvalue weighted by atomic mass is 10.1. The zero-order valence-corrected chi connectivity index (χ0v) is 16.5. The molecule has 0 bridgehead atoms. The van der Waals surface area contributed by atoms with E-state index in [1.165, 1.54) is 11.5 Å². The minimum Gasteiger partial charge on any atom is -0.471 e. The average Bonchev–Trinajstić information content (AvgIpc) is 3.17. The lowest BCUT2D eigenvalue weighted by Gasteiger charge is -2.14. The Morgan fingerprint density at radius 3 is 2.22 bits per heavy atom. The third-order valence-electron chi connectivity index (χ3n) is 4.34. The monoisotopic (exact) mass is 461 g/mol. The predicted octanol–water partition coefficient (Wildman–Crippen LogP) is 5.36. The highest BCUT2D eigenvalue weighted by Crippen LogP contribution is 2.38. The van der Waals surface area contributed by atoms with Gasteiger partial charge in [-0.2, -0.15) is 18.3 Å². The van der Waals surface area contributed by atoms with Crippen LogP contribution in [0.3, 0.4) is 0 Å². The van der Waals surface area contributed by atoms with Crippen LogP contribution in [0.4, 0.5) is 36.4 Å². The fourth-order valence-electron chi connectivity index (χ4n) is 2.82. The van der Waals surface area contributed by atoms with E-state index in [0.717, 1.165) is 21.9 Å². The molecule has 1 heterocycles. The molecule has 1 aromatic heterocycles. The molecule has 0 fully saturated rings. The molecule has 0 radical (unpaired) electrons. The molecule has 0 saturated heterocycles. The minimum absolute atomic E-state index is 0.149. The van der Waals surface area contributed by atoms with Crippen molar-refractivity contribution in [2.75, 3.05) is 5.32 Å². The van der Waals surface area contributed by atoms with Gasteiger partial charge in [-0.05, 0) is 31.5 Å². The van der Waals surface area contributed by atoms with E-state index in [9.17, 15) is 35.5 Å². The van der Waals surface area contributed by atoms with E-state index in [4.69, 9.17) is 4.74 Å². The van der Waals surface area contributed by atoms with Crippen LogP contribution in [0.2, 0.25) is 0 Å². The van der Waals surface area contributed by atoms with Crippen molar-refractivity contribution in [2.24, 2.45) is 0 Å². The number of halogens is 7. The van der Waals surface area contributed by atoms with Gasteiger partial charge in [-0.25, -0.2) is 22.2 Å². The number of carbonyl (C=O) groups excluding carboxylic acids is 1. The van der Waals surface area contributed by atoms with E-state index in [-0.39, 0.29) is 6.73 Å². The van der Waals surface area contributed by atoms with Gasteiger partial charge in [-0.15, -0.1) is 0 Å². The van der Waals surface area contributed by atoms with Crippen molar-refractivity contribution in [3.63, 3.8) is 0 Å². The van der Waals surface area contributed by atoms with Crippen LogP contribution >= 0.6 is 0 Å². The lowest BCUT2D eigenvalue weighted by Crippen LogP contribution is -2.21. The summed E-state index contributed by atoms with van der Waals surface area (Å²) in [5.41, 5.74) is -3.03. The zero-order valence-electron chi connectivity index (χ0n) is 16.5. The number of aryl methyl sites for hydroxylation is 2. The molecule has 32 heavy (non-hydrogen) atoms. The number of nitrogens with one attached hydrogen (secondary N) is 1. The van der Waals surface area contributed by atoms with Crippen molar-refractivity contribution < 1.29 is 40.3 Å². The Bertz CT molecular complexity index is 1160. The fraction of sp³-hybridized carbons (Fsp3) is 0.200. The van der Waals surface area contributed by atoms with Crippen LogP contribution in [0.25, 0.3) is 0 Å². The Morgan fingerprint density at radius 2 is 1.66 bits per heavy atom. The van der Waals surface area contributed by atoms with Crippen molar-refractivity contribution in [1.82, 2.24) is 9.78 Å². The summed E-state index contributed by atoms with van der Waals surface area (Å²) in [5.74, 6) is -10.9. The number of carbonyl (C=O) groups is 1. The van der Waals surface area contributed by atoms with Gasteiger partial charge in [0.2, 0.25) is 0 Å². The number of alkyl halides is 3. The third-order valence-corrected chi connectivity index (χ3v) is 4.34. The van der Waals surface area contributed by atoms with Crippen LogP contribution in [-0.4, -0.2) is 15.7 Å². The van der Waals surface area contributed by atoms with Gasteiger partial charge < -0.3 is 10.1 Å². The summed E-state index contributed by atoms with van der Waals surface area (Å²) in [6, 6.07) is 6.52. The second kappa shape index (κ2) is 8.52. The van der Waals surface area contributed by atoms with Crippen molar-refractivity contribution in [2.45, 2.75) is 26.8 Å². The highest BCUT2D eigenvalue weighted by molar-refractivity contribution is 6.03. The maximum absolute atomic E-state index is 13.9. The van der Waals surface area contributed by atoms with E-state index in [1.54, 1.807) is 6.07 Å². The Labute approximate surface area is 176 Å². The summed E-state index contributed by atoms with van der Waals surface area (Å²) in [5, 5.41) is 5.30. The molecule has 2 aromatic carbocycles. The number of hydrogen-bond acceptors (Lipinski definition) is 3. The number of anilines is 1. The summed E-state index contributed by atoms with van der Waals surface area (Å²) < 4.78 is 99.9. The van der Waals surface area contributed by atoms with Crippen LogP contribution in [0.15, 0.2) is 30.5 Å². The summed E-state index contributed by atoms with van der Waals surface area (Å²) in [7, 11) is 0. The van der Waals surface area contributed by atoms with Crippen LogP contribution in [-0.2, 0) is 12.9 Å². The van der Waals surface area contributed by atoms with Gasteiger partial charge in [0.25, 0.3) is 5.91 Å². The fourth-order valence-corrected chi connectivity index (χ4v) is 2.82. The molecule has 12 heteroatoms. The van der Waals surface area contributed by atoms with Crippen molar-refractivity contribution in [1.29, 1.82) is 0 Å². The maximum atomic E-state index is 13.9. The number of nitrogens with zero attached hydrogens (tertiary/aromatic N) is 2. The normalized spacial score (nSPS) is 11.5. The molecule has 5 nitrogen and oxygen atoms in total. The molecule has 3 aromatic rings. The molecular weight excluding hydrogens is 447 g/mol. The van der Waals surface area contributed by atoms with Gasteiger partial charge in [-0.1, -0.05) is 17.7 Å². The van der Waals surface area contributed by atoms with Gasteiger partial charge in [0.15, 0.2) is 35.7 Å². The topological polar surface area (TPSA) is 56.1 Å². The third kappa shape index (κ3) is 4.53. The second-order valence-electron chi connectivity index (χ2n) is 6.74. The molecule has 0 aliphatic rings. The van der Waals surface area contributed by atoms with Crippen molar-refractivity contribution in [3.05, 3.63) is 76.1 Å². The molecular formula is C20H14F7N3O2. The number of amides is 1. The summed E-state index contributed by atoms with van der Waals surface area (Å²) in [6.45, 7) is 3.56. The van der Waals surface area contributed by atoms with Gasteiger partial charge in [0.05, 0.1) is 0 Å². The zero-order chi connectivity index (χ0) is 23.8. The van der Waals surface area contributed by atoms with Gasteiger partial charge in [0, 0.05) is 6.20 Å². The number of ether oxygens (including phenoxy) is 1. The molecule has 3 rings (SSSR count). The minimum atomic E-state index is -5.69.